The number of nitrogens with one attached hydrogen (secondary N) is 2. The first-order chi connectivity index (χ1) is 9.81. The average Bonchev–Trinajstić information content (AvgIpc) is 2.49. The number of hydrogen-bond donors (Lipinski definition) is 2. The fraction of sp³-hybridized carbons (Fsp3) is 0.267. The van der Waals surface area contributed by atoms with E-state index in [2.05, 4.69) is 20.6 Å². The van der Waals surface area contributed by atoms with Crippen LogP contribution in [0.25, 0.3) is 0 Å². The van der Waals surface area contributed by atoms with Crippen molar-refractivity contribution in [3.63, 3.8) is 0 Å². The van der Waals surface area contributed by atoms with E-state index in [4.69, 9.17) is 0 Å². The minimum absolute atomic E-state index is 0.113. The van der Waals surface area contributed by atoms with Crippen LogP contribution in [0, 0.1) is 0 Å². The van der Waals surface area contributed by atoms with Crippen molar-refractivity contribution in [2.45, 2.75) is 13.3 Å². The van der Waals surface area contributed by atoms with E-state index in [1.54, 1.807) is 30.9 Å². The van der Waals surface area contributed by atoms with Crippen LogP contribution in [0.2, 0.25) is 0 Å². The van der Waals surface area contributed by atoms with Crippen molar-refractivity contribution in [1.29, 1.82) is 0 Å². The zero-order chi connectivity index (χ0) is 14.2. The van der Waals surface area contributed by atoms with Gasteiger partial charge >= 0.3 is 0 Å². The number of aromatic nitrogens is 2. The molecule has 5 heteroatoms. The van der Waals surface area contributed by atoms with Gasteiger partial charge < -0.3 is 10.6 Å². The van der Waals surface area contributed by atoms with Crippen molar-refractivity contribution in [3.8, 4) is 0 Å². The van der Waals surface area contributed by atoms with E-state index in [0.717, 1.165) is 24.2 Å². The molecule has 2 aromatic heterocycles. The molecule has 0 unspecified atom stereocenters. The summed E-state index contributed by atoms with van der Waals surface area (Å²) in [5.41, 5.74) is 2.48. The molecule has 2 N–H and O–H groups in total. The molecule has 2 rings (SSSR count). The number of rotatable bonds is 6. The zero-order valence-corrected chi connectivity index (χ0v) is 11.5. The summed E-state index contributed by atoms with van der Waals surface area (Å²) in [5.74, 6) is -0.113. The summed E-state index contributed by atoms with van der Waals surface area (Å²) < 4.78 is 0. The Kier molecular flexibility index (Phi) is 5.06. The maximum Gasteiger partial charge on any atom is 0.254 e. The molecule has 0 atom stereocenters. The van der Waals surface area contributed by atoms with Gasteiger partial charge in [-0.05, 0) is 31.0 Å². The Bertz CT molecular complexity index is 557. The minimum atomic E-state index is -0.113. The lowest BCUT2D eigenvalue weighted by molar-refractivity contribution is 0.0954. The number of nitrogens with zero attached hydrogens (tertiary/aromatic N) is 2. The Morgan fingerprint density at radius 2 is 2.05 bits per heavy atom. The van der Waals surface area contributed by atoms with Gasteiger partial charge in [-0.15, -0.1) is 0 Å². The molecule has 2 heterocycles. The first-order valence-electron chi connectivity index (χ1n) is 6.66. The quantitative estimate of drug-likeness (QED) is 0.841. The molecule has 104 valence electrons. The number of amides is 1. The van der Waals surface area contributed by atoms with Crippen molar-refractivity contribution in [3.05, 3.63) is 54.1 Å². The molecule has 0 aliphatic rings. The predicted molar refractivity (Wildman–Crippen MR) is 78.7 cm³/mol. The molecule has 20 heavy (non-hydrogen) atoms. The van der Waals surface area contributed by atoms with E-state index < -0.39 is 0 Å². The first-order valence-corrected chi connectivity index (χ1v) is 6.66. The number of hydrogen-bond acceptors (Lipinski definition) is 4. The summed E-state index contributed by atoms with van der Waals surface area (Å²) in [6.07, 6.45) is 7.55. The molecule has 0 aliphatic heterocycles. The third-order valence-electron chi connectivity index (χ3n) is 2.85. The van der Waals surface area contributed by atoms with Gasteiger partial charge in [0.15, 0.2) is 0 Å². The van der Waals surface area contributed by atoms with E-state index in [1.165, 1.54) is 0 Å². The van der Waals surface area contributed by atoms with E-state index in [1.807, 2.05) is 19.1 Å². The van der Waals surface area contributed by atoms with Crippen LogP contribution in [0.4, 0.5) is 5.69 Å². The molecule has 0 radical (unpaired) electrons. The highest BCUT2D eigenvalue weighted by molar-refractivity contribution is 5.99. The fourth-order valence-corrected chi connectivity index (χ4v) is 1.88. The Labute approximate surface area is 118 Å². The van der Waals surface area contributed by atoms with Crippen LogP contribution in [-0.2, 0) is 6.42 Å². The lowest BCUT2D eigenvalue weighted by Crippen LogP contribution is -2.26. The normalized spacial score (nSPS) is 10.1. The smallest absolute Gasteiger partial charge is 0.254 e. The molecule has 0 spiro atoms. The fourth-order valence-electron chi connectivity index (χ4n) is 1.88. The van der Waals surface area contributed by atoms with E-state index in [-0.39, 0.29) is 5.91 Å². The number of carbonyl (C=O) groups is 1. The first kappa shape index (κ1) is 14.0. The summed E-state index contributed by atoms with van der Waals surface area (Å²) in [6, 6.07) is 5.69. The van der Waals surface area contributed by atoms with Crippen molar-refractivity contribution in [1.82, 2.24) is 15.3 Å². The van der Waals surface area contributed by atoms with Crippen LogP contribution in [0.3, 0.4) is 0 Å². The SMILES string of the molecule is CCNc1ccncc1C(=O)NCCc1cccnc1. The Morgan fingerprint density at radius 1 is 1.20 bits per heavy atom. The van der Waals surface area contributed by atoms with Gasteiger partial charge in [0.05, 0.1) is 11.3 Å². The van der Waals surface area contributed by atoms with Gasteiger partial charge in [-0.2, -0.15) is 0 Å². The Morgan fingerprint density at radius 3 is 2.80 bits per heavy atom. The monoisotopic (exact) mass is 270 g/mol. The number of carbonyl (C=O) groups excluding carboxylic acids is 1. The predicted octanol–water partition coefficient (Wildman–Crippen LogP) is 1.88. The van der Waals surface area contributed by atoms with Crippen LogP contribution >= 0.6 is 0 Å². The Balaban J connectivity index is 1.92. The standard InChI is InChI=1S/C15H18N4O/c1-2-18-14-6-8-17-11-13(14)15(20)19-9-5-12-4-3-7-16-10-12/h3-4,6-8,10-11H,2,5,9H2,1H3,(H,17,18)(H,19,20). The highest BCUT2D eigenvalue weighted by Gasteiger charge is 2.10. The third-order valence-corrected chi connectivity index (χ3v) is 2.85. The van der Waals surface area contributed by atoms with Gasteiger partial charge in [0.2, 0.25) is 0 Å². The van der Waals surface area contributed by atoms with Gasteiger partial charge in [0.1, 0.15) is 0 Å². The van der Waals surface area contributed by atoms with E-state index in [9.17, 15) is 4.79 Å². The second kappa shape index (κ2) is 7.23. The Hall–Kier alpha value is -2.43. The summed E-state index contributed by atoms with van der Waals surface area (Å²) in [6.45, 7) is 3.33. The number of pyridine rings is 2. The molecule has 5 nitrogen and oxygen atoms in total. The van der Waals surface area contributed by atoms with Crippen LogP contribution in [0.15, 0.2) is 43.0 Å². The van der Waals surface area contributed by atoms with Crippen LogP contribution in [0.1, 0.15) is 22.8 Å². The van der Waals surface area contributed by atoms with Gasteiger partial charge in [0.25, 0.3) is 5.91 Å². The highest BCUT2D eigenvalue weighted by atomic mass is 16.1. The maximum atomic E-state index is 12.1. The molecule has 1 amide bonds. The topological polar surface area (TPSA) is 66.9 Å². The third kappa shape index (κ3) is 3.78. The molecule has 0 saturated carbocycles. The van der Waals surface area contributed by atoms with Crippen molar-refractivity contribution >= 4 is 11.6 Å². The van der Waals surface area contributed by atoms with Crippen LogP contribution < -0.4 is 10.6 Å². The summed E-state index contributed by atoms with van der Waals surface area (Å²) in [5, 5.41) is 6.05. The maximum absolute atomic E-state index is 12.1. The van der Waals surface area contributed by atoms with Crippen molar-refractivity contribution < 1.29 is 4.79 Å². The molecule has 2 aromatic rings. The molecule has 0 fully saturated rings. The summed E-state index contributed by atoms with van der Waals surface area (Å²) in [7, 11) is 0. The van der Waals surface area contributed by atoms with Crippen LogP contribution in [-0.4, -0.2) is 29.0 Å². The van der Waals surface area contributed by atoms with Gasteiger partial charge in [-0.3, -0.25) is 14.8 Å². The zero-order valence-electron chi connectivity index (χ0n) is 11.5. The largest absolute Gasteiger partial charge is 0.385 e. The second-order valence-electron chi connectivity index (χ2n) is 4.32. The number of anilines is 1. The molecule has 0 aromatic carbocycles. The molecular weight excluding hydrogens is 252 g/mol. The van der Waals surface area contributed by atoms with Gasteiger partial charge in [-0.25, -0.2) is 0 Å². The molecular formula is C15H18N4O. The molecule has 0 saturated heterocycles. The van der Waals surface area contributed by atoms with E-state index >= 15 is 0 Å². The lowest BCUT2D eigenvalue weighted by atomic mass is 10.2. The summed E-state index contributed by atoms with van der Waals surface area (Å²) in [4.78, 5) is 20.2. The average molecular weight is 270 g/mol. The minimum Gasteiger partial charge on any atom is -0.385 e. The van der Waals surface area contributed by atoms with Gasteiger partial charge in [-0.1, -0.05) is 6.07 Å². The van der Waals surface area contributed by atoms with E-state index in [0.29, 0.717) is 12.1 Å². The van der Waals surface area contributed by atoms with Crippen molar-refractivity contribution in [2.24, 2.45) is 0 Å². The molecule has 0 bridgehead atoms. The van der Waals surface area contributed by atoms with Crippen molar-refractivity contribution in [2.75, 3.05) is 18.4 Å². The van der Waals surface area contributed by atoms with Crippen LogP contribution in [0.5, 0.6) is 0 Å². The summed E-state index contributed by atoms with van der Waals surface area (Å²) >= 11 is 0. The second-order valence-corrected chi connectivity index (χ2v) is 4.32. The molecule has 0 aliphatic carbocycles. The van der Waals surface area contributed by atoms with Gasteiger partial charge in [0, 0.05) is 37.9 Å². The highest BCUT2D eigenvalue weighted by Crippen LogP contribution is 2.12. The lowest BCUT2D eigenvalue weighted by Gasteiger charge is -2.10.